The number of nitrogens with zero attached hydrogens (tertiary/aromatic N) is 1. The third-order valence-electron chi connectivity index (χ3n) is 4.48. The molecule has 3 nitrogen and oxygen atoms in total. The van der Waals surface area contributed by atoms with Crippen LogP contribution < -0.4 is 0 Å². The van der Waals surface area contributed by atoms with Crippen LogP contribution >= 0.6 is 0 Å². The molecule has 1 heterocycles. The molecule has 4 unspecified atom stereocenters. The van der Waals surface area contributed by atoms with Gasteiger partial charge in [-0.1, -0.05) is 0 Å². The minimum Gasteiger partial charge on any atom is -0.280 e. The fraction of sp³-hybridized carbons (Fsp3) is 0.833. The summed E-state index contributed by atoms with van der Waals surface area (Å²) in [5, 5.41) is 0. The molecule has 2 aliphatic carbocycles. The smallest absolute Gasteiger partial charge is 0.233 e. The summed E-state index contributed by atoms with van der Waals surface area (Å²) in [6.45, 7) is 3.86. The lowest BCUT2D eigenvalue weighted by atomic mass is 9.81. The summed E-state index contributed by atoms with van der Waals surface area (Å²) in [6, 6.07) is 0.0370. The van der Waals surface area contributed by atoms with E-state index < -0.39 is 0 Å². The number of likely N-dealkylation sites (tertiary alicyclic amines) is 1. The van der Waals surface area contributed by atoms with Crippen molar-refractivity contribution in [3.05, 3.63) is 0 Å². The van der Waals surface area contributed by atoms with Crippen molar-refractivity contribution in [1.29, 1.82) is 0 Å². The molecule has 3 fully saturated rings. The van der Waals surface area contributed by atoms with Gasteiger partial charge in [0.2, 0.25) is 11.8 Å². The van der Waals surface area contributed by atoms with Crippen LogP contribution in [0.4, 0.5) is 0 Å². The number of hydrogen-bond acceptors (Lipinski definition) is 2. The molecular weight excluding hydrogens is 190 g/mol. The Morgan fingerprint density at radius 3 is 1.93 bits per heavy atom. The second kappa shape index (κ2) is 2.83. The predicted octanol–water partition coefficient (Wildman–Crippen LogP) is 1.43. The van der Waals surface area contributed by atoms with Crippen molar-refractivity contribution in [3.63, 3.8) is 0 Å². The molecule has 1 aliphatic heterocycles. The van der Waals surface area contributed by atoms with Crippen LogP contribution in [0.5, 0.6) is 0 Å². The lowest BCUT2D eigenvalue weighted by molar-refractivity contribution is -0.142. The van der Waals surface area contributed by atoms with Crippen LogP contribution in [0, 0.1) is 23.7 Å². The van der Waals surface area contributed by atoms with Gasteiger partial charge in [0.15, 0.2) is 0 Å². The molecule has 0 aromatic heterocycles. The van der Waals surface area contributed by atoms with Gasteiger partial charge in [-0.15, -0.1) is 0 Å². The highest BCUT2D eigenvalue weighted by molar-refractivity contribution is 6.06. The topological polar surface area (TPSA) is 37.4 Å². The first-order valence-electron chi connectivity index (χ1n) is 5.98. The summed E-state index contributed by atoms with van der Waals surface area (Å²) in [4.78, 5) is 25.8. The van der Waals surface area contributed by atoms with Crippen molar-refractivity contribution >= 4 is 11.8 Å². The molecule has 4 atom stereocenters. The van der Waals surface area contributed by atoms with Gasteiger partial charge in [-0.05, 0) is 44.9 Å². The molecule has 0 radical (unpaired) electrons. The molecule has 2 amide bonds. The number of fused-ring (bicyclic) bond motifs is 5. The summed E-state index contributed by atoms with van der Waals surface area (Å²) < 4.78 is 0. The number of carbonyl (C=O) groups is 2. The number of rotatable bonds is 1. The molecule has 3 heteroatoms. The molecule has 2 bridgehead atoms. The molecular formula is C12H17NO2. The van der Waals surface area contributed by atoms with Gasteiger partial charge in [-0.25, -0.2) is 0 Å². The molecule has 1 saturated heterocycles. The van der Waals surface area contributed by atoms with Gasteiger partial charge < -0.3 is 0 Å². The first-order chi connectivity index (χ1) is 7.11. The van der Waals surface area contributed by atoms with E-state index in [2.05, 4.69) is 0 Å². The van der Waals surface area contributed by atoms with Gasteiger partial charge in [0.05, 0.1) is 11.8 Å². The third-order valence-corrected chi connectivity index (χ3v) is 4.48. The van der Waals surface area contributed by atoms with Crippen molar-refractivity contribution in [2.75, 3.05) is 0 Å². The second-order valence-electron chi connectivity index (χ2n) is 5.53. The average molecular weight is 207 g/mol. The lowest BCUT2D eigenvalue weighted by Gasteiger charge is -2.20. The number of amides is 2. The van der Waals surface area contributed by atoms with E-state index in [1.54, 1.807) is 0 Å². The van der Waals surface area contributed by atoms with Crippen LogP contribution in [0.15, 0.2) is 0 Å². The van der Waals surface area contributed by atoms with Crippen LogP contribution in [0.25, 0.3) is 0 Å². The fourth-order valence-electron chi connectivity index (χ4n) is 3.94. The van der Waals surface area contributed by atoms with Crippen LogP contribution in [0.1, 0.15) is 33.1 Å². The summed E-state index contributed by atoms with van der Waals surface area (Å²) in [5.41, 5.74) is 0. The van der Waals surface area contributed by atoms with Gasteiger partial charge in [-0.3, -0.25) is 14.5 Å². The molecule has 0 aromatic rings. The van der Waals surface area contributed by atoms with Crippen LogP contribution in [-0.2, 0) is 9.59 Å². The monoisotopic (exact) mass is 207 g/mol. The van der Waals surface area contributed by atoms with Crippen molar-refractivity contribution < 1.29 is 9.59 Å². The highest BCUT2D eigenvalue weighted by Gasteiger charge is 2.61. The fourth-order valence-corrected chi connectivity index (χ4v) is 3.94. The third kappa shape index (κ3) is 1.01. The predicted molar refractivity (Wildman–Crippen MR) is 54.8 cm³/mol. The zero-order chi connectivity index (χ0) is 10.7. The number of hydrogen-bond donors (Lipinski definition) is 0. The molecule has 82 valence electrons. The molecule has 15 heavy (non-hydrogen) atoms. The Kier molecular flexibility index (Phi) is 1.77. The van der Waals surface area contributed by atoms with E-state index in [-0.39, 0.29) is 29.7 Å². The number of imide groups is 1. The van der Waals surface area contributed by atoms with Gasteiger partial charge in [0, 0.05) is 6.04 Å². The zero-order valence-corrected chi connectivity index (χ0v) is 9.27. The average Bonchev–Trinajstić information content (AvgIpc) is 2.79. The summed E-state index contributed by atoms with van der Waals surface area (Å²) >= 11 is 0. The van der Waals surface area contributed by atoms with Crippen LogP contribution in [-0.4, -0.2) is 22.8 Å². The minimum atomic E-state index is 0.0370. The Morgan fingerprint density at radius 2 is 1.53 bits per heavy atom. The molecule has 3 rings (SSSR count). The Balaban J connectivity index is 1.97. The first kappa shape index (κ1) is 9.37. The van der Waals surface area contributed by atoms with E-state index in [0.29, 0.717) is 11.8 Å². The minimum absolute atomic E-state index is 0.0370. The van der Waals surface area contributed by atoms with E-state index in [1.807, 2.05) is 13.8 Å². The highest BCUT2D eigenvalue weighted by atomic mass is 16.2. The number of carbonyl (C=O) groups excluding carboxylic acids is 2. The van der Waals surface area contributed by atoms with E-state index >= 15 is 0 Å². The van der Waals surface area contributed by atoms with Gasteiger partial charge in [0.25, 0.3) is 0 Å². The Morgan fingerprint density at radius 1 is 1.07 bits per heavy atom. The van der Waals surface area contributed by atoms with Crippen molar-refractivity contribution in [1.82, 2.24) is 4.90 Å². The van der Waals surface area contributed by atoms with E-state index in [4.69, 9.17) is 0 Å². The van der Waals surface area contributed by atoms with Gasteiger partial charge >= 0.3 is 0 Å². The SMILES string of the molecule is CC(C)N1C(=O)C2C3CCC(C3)C2C1=O. The van der Waals surface area contributed by atoms with E-state index in [0.717, 1.165) is 19.3 Å². The van der Waals surface area contributed by atoms with Crippen LogP contribution in [0.3, 0.4) is 0 Å². The van der Waals surface area contributed by atoms with Crippen molar-refractivity contribution in [2.45, 2.75) is 39.2 Å². The normalized spacial score (nSPS) is 43.3. The Labute approximate surface area is 89.8 Å². The standard InChI is InChI=1S/C12H17NO2/c1-6(2)13-11(14)9-7-3-4-8(5-7)10(9)12(13)15/h6-10H,3-5H2,1-2H3. The van der Waals surface area contributed by atoms with Gasteiger partial charge in [0.1, 0.15) is 0 Å². The maximum atomic E-state index is 12.1. The second-order valence-corrected chi connectivity index (χ2v) is 5.53. The zero-order valence-electron chi connectivity index (χ0n) is 9.27. The molecule has 2 saturated carbocycles. The molecule has 0 aromatic carbocycles. The molecule has 0 N–H and O–H groups in total. The summed E-state index contributed by atoms with van der Waals surface area (Å²) in [7, 11) is 0. The van der Waals surface area contributed by atoms with Crippen molar-refractivity contribution in [2.24, 2.45) is 23.7 Å². The maximum Gasteiger partial charge on any atom is 0.233 e. The first-order valence-corrected chi connectivity index (χ1v) is 5.98. The summed E-state index contributed by atoms with van der Waals surface area (Å²) in [6.07, 6.45) is 3.45. The van der Waals surface area contributed by atoms with Crippen molar-refractivity contribution in [3.8, 4) is 0 Å². The van der Waals surface area contributed by atoms with Crippen LogP contribution in [0.2, 0.25) is 0 Å². The quantitative estimate of drug-likeness (QED) is 0.610. The Hall–Kier alpha value is -0.860. The largest absolute Gasteiger partial charge is 0.280 e. The lowest BCUT2D eigenvalue weighted by Crippen LogP contribution is -2.38. The Bertz CT molecular complexity index is 309. The maximum absolute atomic E-state index is 12.1. The van der Waals surface area contributed by atoms with Gasteiger partial charge in [-0.2, -0.15) is 0 Å². The molecule has 3 aliphatic rings. The van der Waals surface area contributed by atoms with E-state index in [1.165, 1.54) is 4.90 Å². The molecule has 0 spiro atoms. The highest BCUT2D eigenvalue weighted by Crippen LogP contribution is 2.56. The van der Waals surface area contributed by atoms with E-state index in [9.17, 15) is 9.59 Å². The summed E-state index contributed by atoms with van der Waals surface area (Å²) in [5.74, 6) is 1.37.